The van der Waals surface area contributed by atoms with E-state index in [4.69, 9.17) is 5.73 Å². The number of anilines is 1. The van der Waals surface area contributed by atoms with Gasteiger partial charge in [0, 0.05) is 21.5 Å². The highest BCUT2D eigenvalue weighted by atomic mass is 32.2. The Kier molecular flexibility index (Phi) is 4.41. The number of nitrogens with two attached hydrogens (primary N) is 1. The van der Waals surface area contributed by atoms with E-state index in [9.17, 15) is 8.42 Å². The molecule has 0 spiro atoms. The van der Waals surface area contributed by atoms with Crippen molar-refractivity contribution in [2.24, 2.45) is 0 Å². The second kappa shape index (κ2) is 5.79. The Morgan fingerprint density at radius 3 is 2.38 bits per heavy atom. The molecule has 0 aliphatic rings. The number of hydrogen-bond acceptors (Lipinski definition) is 4. The van der Waals surface area contributed by atoms with E-state index in [1.807, 2.05) is 26.8 Å². The quantitative estimate of drug-likeness (QED) is 0.848. The maximum absolute atomic E-state index is 12.5. The standard InChI is InChI=1S/C15H20N2O2S2/c1-9-7-13(16)5-6-15(9)21(18,19)17-11(3)14-8-10(2)20-12(14)4/h5-8,11,17H,16H2,1-4H3. The highest BCUT2D eigenvalue weighted by molar-refractivity contribution is 7.89. The lowest BCUT2D eigenvalue weighted by molar-refractivity contribution is 0.566. The summed E-state index contributed by atoms with van der Waals surface area (Å²) in [5, 5.41) is 0. The maximum atomic E-state index is 12.5. The molecule has 0 radical (unpaired) electrons. The van der Waals surface area contributed by atoms with Crippen LogP contribution in [0.3, 0.4) is 0 Å². The Morgan fingerprint density at radius 2 is 1.86 bits per heavy atom. The van der Waals surface area contributed by atoms with Crippen molar-refractivity contribution in [2.45, 2.75) is 38.6 Å². The Labute approximate surface area is 130 Å². The summed E-state index contributed by atoms with van der Waals surface area (Å²) in [7, 11) is -3.56. The van der Waals surface area contributed by atoms with Crippen LogP contribution in [0.4, 0.5) is 5.69 Å². The van der Waals surface area contributed by atoms with Crippen LogP contribution < -0.4 is 10.5 Å². The Bertz CT molecular complexity index is 764. The summed E-state index contributed by atoms with van der Waals surface area (Å²) < 4.78 is 27.8. The topological polar surface area (TPSA) is 72.2 Å². The third-order valence-corrected chi connectivity index (χ3v) is 6.05. The van der Waals surface area contributed by atoms with Crippen LogP contribution in [0.15, 0.2) is 29.2 Å². The van der Waals surface area contributed by atoms with Gasteiger partial charge < -0.3 is 5.73 Å². The third kappa shape index (κ3) is 3.45. The first kappa shape index (κ1) is 16.0. The lowest BCUT2D eigenvalue weighted by atomic mass is 10.1. The average Bonchev–Trinajstić information content (AvgIpc) is 2.67. The summed E-state index contributed by atoms with van der Waals surface area (Å²) in [4.78, 5) is 2.59. The Morgan fingerprint density at radius 1 is 1.19 bits per heavy atom. The monoisotopic (exact) mass is 324 g/mol. The van der Waals surface area contributed by atoms with E-state index in [0.29, 0.717) is 11.3 Å². The van der Waals surface area contributed by atoms with Crippen LogP contribution in [0.1, 0.15) is 33.8 Å². The van der Waals surface area contributed by atoms with Crippen LogP contribution in [0.25, 0.3) is 0 Å². The van der Waals surface area contributed by atoms with E-state index in [1.165, 1.54) is 4.88 Å². The molecule has 1 heterocycles. The molecule has 3 N–H and O–H groups in total. The molecule has 0 aliphatic carbocycles. The SMILES string of the molecule is Cc1cc(C(C)NS(=O)(=O)c2ccc(N)cc2C)c(C)s1. The smallest absolute Gasteiger partial charge is 0.241 e. The first-order valence-electron chi connectivity index (χ1n) is 6.66. The molecule has 0 bridgehead atoms. The number of aryl methyl sites for hydroxylation is 3. The number of thiophene rings is 1. The van der Waals surface area contributed by atoms with Crippen LogP contribution in [-0.4, -0.2) is 8.42 Å². The molecule has 1 aromatic heterocycles. The van der Waals surface area contributed by atoms with E-state index < -0.39 is 10.0 Å². The minimum Gasteiger partial charge on any atom is -0.399 e. The second-order valence-corrected chi connectivity index (χ2v) is 8.38. The largest absolute Gasteiger partial charge is 0.399 e. The summed E-state index contributed by atoms with van der Waals surface area (Å²) >= 11 is 1.67. The summed E-state index contributed by atoms with van der Waals surface area (Å²) in [5.41, 5.74) is 7.90. The Balaban J connectivity index is 2.31. The maximum Gasteiger partial charge on any atom is 0.241 e. The molecule has 21 heavy (non-hydrogen) atoms. The normalized spacial score (nSPS) is 13.3. The molecule has 1 aromatic carbocycles. The highest BCUT2D eigenvalue weighted by Crippen LogP contribution is 2.28. The zero-order valence-corrected chi connectivity index (χ0v) is 14.2. The second-order valence-electron chi connectivity index (χ2n) is 5.24. The molecule has 0 aliphatic heterocycles. The van der Waals surface area contributed by atoms with Crippen molar-refractivity contribution < 1.29 is 8.42 Å². The van der Waals surface area contributed by atoms with E-state index >= 15 is 0 Å². The van der Waals surface area contributed by atoms with Gasteiger partial charge in [-0.05, 0) is 63.1 Å². The number of rotatable bonds is 4. The number of nitrogens with one attached hydrogen (secondary N) is 1. The average molecular weight is 324 g/mol. The van der Waals surface area contributed by atoms with Gasteiger partial charge in [-0.25, -0.2) is 13.1 Å². The Hall–Kier alpha value is -1.37. The minimum absolute atomic E-state index is 0.267. The first-order valence-corrected chi connectivity index (χ1v) is 8.96. The van der Waals surface area contributed by atoms with Crippen molar-refractivity contribution >= 4 is 27.0 Å². The molecule has 1 atom stereocenters. The molecule has 0 saturated heterocycles. The molecular weight excluding hydrogens is 304 g/mol. The lowest BCUT2D eigenvalue weighted by Crippen LogP contribution is -2.27. The lowest BCUT2D eigenvalue weighted by Gasteiger charge is -2.16. The van der Waals surface area contributed by atoms with Crippen LogP contribution >= 0.6 is 11.3 Å². The van der Waals surface area contributed by atoms with Gasteiger partial charge in [0.25, 0.3) is 0 Å². The molecule has 0 fully saturated rings. The van der Waals surface area contributed by atoms with Gasteiger partial charge in [-0.2, -0.15) is 0 Å². The fourth-order valence-electron chi connectivity index (χ4n) is 2.41. The van der Waals surface area contributed by atoms with Crippen molar-refractivity contribution in [2.75, 3.05) is 5.73 Å². The van der Waals surface area contributed by atoms with E-state index in [2.05, 4.69) is 4.72 Å². The number of nitrogen functional groups attached to an aromatic ring is 1. The van der Waals surface area contributed by atoms with Crippen molar-refractivity contribution in [1.82, 2.24) is 4.72 Å². The number of sulfonamides is 1. The van der Waals surface area contributed by atoms with Gasteiger partial charge in [-0.15, -0.1) is 11.3 Å². The van der Waals surface area contributed by atoms with Crippen molar-refractivity contribution in [3.63, 3.8) is 0 Å². The van der Waals surface area contributed by atoms with Gasteiger partial charge in [-0.3, -0.25) is 0 Å². The minimum atomic E-state index is -3.56. The summed E-state index contributed by atoms with van der Waals surface area (Å²) in [6, 6.07) is 6.58. The molecule has 114 valence electrons. The van der Waals surface area contributed by atoms with Gasteiger partial charge >= 0.3 is 0 Å². The van der Waals surface area contributed by atoms with Crippen LogP contribution in [-0.2, 0) is 10.0 Å². The fraction of sp³-hybridized carbons (Fsp3) is 0.333. The molecule has 4 nitrogen and oxygen atoms in total. The van der Waals surface area contributed by atoms with Crippen LogP contribution in [0.5, 0.6) is 0 Å². The molecular formula is C15H20N2O2S2. The molecule has 6 heteroatoms. The van der Waals surface area contributed by atoms with Crippen LogP contribution in [0, 0.1) is 20.8 Å². The predicted molar refractivity (Wildman–Crippen MR) is 88.1 cm³/mol. The third-order valence-electron chi connectivity index (χ3n) is 3.37. The molecule has 1 unspecified atom stereocenters. The zero-order chi connectivity index (χ0) is 15.8. The molecule has 0 amide bonds. The summed E-state index contributed by atoms with van der Waals surface area (Å²) in [6.07, 6.45) is 0. The van der Waals surface area contributed by atoms with Crippen molar-refractivity contribution in [3.05, 3.63) is 45.1 Å². The number of hydrogen-bond donors (Lipinski definition) is 2. The van der Waals surface area contributed by atoms with Crippen LogP contribution in [0.2, 0.25) is 0 Å². The van der Waals surface area contributed by atoms with Gasteiger partial charge in [0.15, 0.2) is 0 Å². The fourth-order valence-corrected chi connectivity index (χ4v) is 4.89. The van der Waals surface area contributed by atoms with E-state index in [-0.39, 0.29) is 10.9 Å². The van der Waals surface area contributed by atoms with Crippen molar-refractivity contribution in [3.8, 4) is 0 Å². The predicted octanol–water partition coefficient (Wildman–Crippen LogP) is 3.30. The number of benzene rings is 1. The highest BCUT2D eigenvalue weighted by Gasteiger charge is 2.22. The first-order chi connectivity index (χ1) is 9.70. The van der Waals surface area contributed by atoms with E-state index in [1.54, 1.807) is 36.5 Å². The van der Waals surface area contributed by atoms with Crippen molar-refractivity contribution in [1.29, 1.82) is 0 Å². The molecule has 2 rings (SSSR count). The van der Waals surface area contributed by atoms with Gasteiger partial charge in [0.05, 0.1) is 4.90 Å². The summed E-state index contributed by atoms with van der Waals surface area (Å²) in [6.45, 7) is 7.63. The molecule has 0 saturated carbocycles. The zero-order valence-electron chi connectivity index (χ0n) is 12.6. The summed E-state index contributed by atoms with van der Waals surface area (Å²) in [5.74, 6) is 0. The van der Waals surface area contributed by atoms with Gasteiger partial charge in [-0.1, -0.05) is 0 Å². The van der Waals surface area contributed by atoms with Gasteiger partial charge in [0.1, 0.15) is 0 Å². The molecule has 2 aromatic rings. The van der Waals surface area contributed by atoms with E-state index in [0.717, 1.165) is 10.4 Å². The van der Waals surface area contributed by atoms with Gasteiger partial charge in [0.2, 0.25) is 10.0 Å².